The zero-order valence-electron chi connectivity index (χ0n) is 17.8. The summed E-state index contributed by atoms with van der Waals surface area (Å²) in [6.07, 6.45) is -3.08. The number of halogens is 3. The summed E-state index contributed by atoms with van der Waals surface area (Å²) in [7, 11) is 0. The Labute approximate surface area is 188 Å². The van der Waals surface area contributed by atoms with Crippen LogP contribution in [0.1, 0.15) is 28.4 Å². The summed E-state index contributed by atoms with van der Waals surface area (Å²) in [5.41, 5.74) is -1.16. The highest BCUT2D eigenvalue weighted by Gasteiger charge is 2.33. The van der Waals surface area contributed by atoms with Crippen molar-refractivity contribution < 1.29 is 22.8 Å². The average molecular weight is 457 g/mol. The predicted molar refractivity (Wildman–Crippen MR) is 118 cm³/mol. The van der Waals surface area contributed by atoms with E-state index in [4.69, 9.17) is 0 Å². The van der Waals surface area contributed by atoms with Gasteiger partial charge in [0.1, 0.15) is 12.1 Å². The quantitative estimate of drug-likeness (QED) is 0.583. The molecule has 3 rings (SSSR count). The van der Waals surface area contributed by atoms with Crippen LogP contribution in [0.5, 0.6) is 0 Å². The van der Waals surface area contributed by atoms with Crippen molar-refractivity contribution in [3.05, 3.63) is 100.0 Å². The Morgan fingerprint density at radius 1 is 0.970 bits per heavy atom. The molecular weight excluding hydrogens is 435 g/mol. The fourth-order valence-electron chi connectivity index (χ4n) is 3.30. The van der Waals surface area contributed by atoms with Crippen LogP contribution in [-0.2, 0) is 17.5 Å². The summed E-state index contributed by atoms with van der Waals surface area (Å²) >= 11 is 0. The second-order valence-electron chi connectivity index (χ2n) is 7.25. The Kier molecular flexibility index (Phi) is 7.32. The van der Waals surface area contributed by atoms with Gasteiger partial charge in [-0.15, -0.1) is 0 Å². The summed E-state index contributed by atoms with van der Waals surface area (Å²) < 4.78 is 40.9. The molecule has 0 saturated carbocycles. The van der Waals surface area contributed by atoms with Crippen molar-refractivity contribution in [1.29, 1.82) is 0 Å². The van der Waals surface area contributed by atoms with Crippen LogP contribution < -0.4 is 10.9 Å². The number of aromatic nitrogens is 1. The van der Waals surface area contributed by atoms with Crippen LogP contribution in [0.4, 0.5) is 18.9 Å². The Morgan fingerprint density at radius 2 is 1.64 bits per heavy atom. The molecule has 1 aromatic heterocycles. The molecule has 9 heteroatoms. The van der Waals surface area contributed by atoms with Gasteiger partial charge in [-0.1, -0.05) is 42.5 Å². The van der Waals surface area contributed by atoms with Crippen LogP contribution in [0.25, 0.3) is 0 Å². The maximum atomic E-state index is 13.2. The van der Waals surface area contributed by atoms with Crippen molar-refractivity contribution in [2.75, 3.05) is 18.4 Å². The van der Waals surface area contributed by atoms with Gasteiger partial charge in [-0.2, -0.15) is 13.2 Å². The van der Waals surface area contributed by atoms with Gasteiger partial charge in [0.2, 0.25) is 5.91 Å². The summed E-state index contributed by atoms with van der Waals surface area (Å²) in [5, 5.41) is 2.21. The molecule has 2 amide bonds. The molecule has 0 saturated heterocycles. The number of benzene rings is 2. The largest absolute Gasteiger partial charge is 0.418 e. The van der Waals surface area contributed by atoms with Crippen LogP contribution in [0.2, 0.25) is 0 Å². The minimum Gasteiger partial charge on any atom is -0.329 e. The van der Waals surface area contributed by atoms with E-state index in [0.717, 1.165) is 22.6 Å². The second kappa shape index (κ2) is 10.2. The zero-order valence-corrected chi connectivity index (χ0v) is 17.8. The number of pyridine rings is 1. The third kappa shape index (κ3) is 5.88. The second-order valence-corrected chi connectivity index (χ2v) is 7.25. The minimum absolute atomic E-state index is 0.0835. The molecule has 0 radical (unpaired) electrons. The van der Waals surface area contributed by atoms with E-state index in [0.29, 0.717) is 0 Å². The number of nitrogens with zero attached hydrogens (tertiary/aromatic N) is 2. The highest BCUT2D eigenvalue weighted by molar-refractivity contribution is 5.99. The summed E-state index contributed by atoms with van der Waals surface area (Å²) in [5.74, 6) is -1.48. The number of anilines is 1. The smallest absolute Gasteiger partial charge is 0.329 e. The number of para-hydroxylation sites is 1. The van der Waals surface area contributed by atoms with Crippen molar-refractivity contribution >= 4 is 17.5 Å². The molecule has 0 spiro atoms. The van der Waals surface area contributed by atoms with Gasteiger partial charge in [-0.25, -0.2) is 0 Å². The lowest BCUT2D eigenvalue weighted by molar-refractivity contribution is -0.137. The lowest BCUT2D eigenvalue weighted by Crippen LogP contribution is -2.41. The van der Waals surface area contributed by atoms with E-state index in [1.54, 1.807) is 19.2 Å². The molecule has 0 aliphatic rings. The molecular formula is C24H22F3N3O3. The lowest BCUT2D eigenvalue weighted by Gasteiger charge is -2.21. The Bertz CT molecular complexity index is 1190. The van der Waals surface area contributed by atoms with Gasteiger partial charge < -0.3 is 14.8 Å². The maximum absolute atomic E-state index is 13.2. The van der Waals surface area contributed by atoms with E-state index >= 15 is 0 Å². The SMILES string of the molecule is CCN(CC(=O)Nc1ccccc1C(F)(F)F)C(=O)c1cccn(Cc2ccccc2)c1=O. The van der Waals surface area contributed by atoms with E-state index in [2.05, 4.69) is 5.32 Å². The van der Waals surface area contributed by atoms with Crippen molar-refractivity contribution in [3.8, 4) is 0 Å². The highest BCUT2D eigenvalue weighted by Crippen LogP contribution is 2.34. The van der Waals surface area contributed by atoms with E-state index in [9.17, 15) is 27.6 Å². The normalized spacial score (nSPS) is 11.2. The molecule has 1 N–H and O–H groups in total. The number of nitrogens with one attached hydrogen (secondary N) is 1. The monoisotopic (exact) mass is 457 g/mol. The highest BCUT2D eigenvalue weighted by atomic mass is 19.4. The lowest BCUT2D eigenvalue weighted by atomic mass is 10.1. The predicted octanol–water partition coefficient (Wildman–Crippen LogP) is 4.02. The molecule has 6 nitrogen and oxygen atoms in total. The molecule has 0 fully saturated rings. The van der Waals surface area contributed by atoms with Crippen molar-refractivity contribution in [1.82, 2.24) is 9.47 Å². The van der Waals surface area contributed by atoms with Crippen LogP contribution in [0.15, 0.2) is 77.7 Å². The van der Waals surface area contributed by atoms with Crippen LogP contribution in [0.3, 0.4) is 0 Å². The van der Waals surface area contributed by atoms with E-state index < -0.39 is 41.3 Å². The molecule has 0 atom stereocenters. The zero-order chi connectivity index (χ0) is 24.0. The molecule has 33 heavy (non-hydrogen) atoms. The first kappa shape index (κ1) is 23.8. The Hall–Kier alpha value is -3.88. The molecule has 0 bridgehead atoms. The van der Waals surface area contributed by atoms with Crippen molar-refractivity contribution in [2.45, 2.75) is 19.6 Å². The number of carbonyl (C=O) groups is 2. The Balaban J connectivity index is 1.76. The van der Waals surface area contributed by atoms with Gasteiger partial charge in [-0.05, 0) is 36.8 Å². The molecule has 3 aromatic rings. The maximum Gasteiger partial charge on any atom is 0.418 e. The topological polar surface area (TPSA) is 71.4 Å². The van der Waals surface area contributed by atoms with Gasteiger partial charge in [0, 0.05) is 12.7 Å². The fourth-order valence-corrected chi connectivity index (χ4v) is 3.30. The van der Waals surface area contributed by atoms with Crippen LogP contribution in [-0.4, -0.2) is 34.4 Å². The first-order valence-electron chi connectivity index (χ1n) is 10.2. The molecule has 0 aliphatic heterocycles. The fraction of sp³-hybridized carbons (Fsp3) is 0.208. The van der Waals surface area contributed by atoms with Crippen LogP contribution >= 0.6 is 0 Å². The molecule has 0 unspecified atom stereocenters. The van der Waals surface area contributed by atoms with Gasteiger partial charge in [-0.3, -0.25) is 14.4 Å². The molecule has 1 heterocycles. The van der Waals surface area contributed by atoms with E-state index in [1.165, 1.54) is 22.8 Å². The van der Waals surface area contributed by atoms with E-state index in [-0.39, 0.29) is 18.7 Å². The summed E-state index contributed by atoms with van der Waals surface area (Å²) in [4.78, 5) is 39.4. The number of rotatable bonds is 7. The van der Waals surface area contributed by atoms with Gasteiger partial charge in [0.15, 0.2) is 0 Å². The molecule has 0 aliphatic carbocycles. The Morgan fingerprint density at radius 3 is 2.30 bits per heavy atom. The van der Waals surface area contributed by atoms with Gasteiger partial charge >= 0.3 is 6.18 Å². The van der Waals surface area contributed by atoms with E-state index in [1.807, 2.05) is 30.3 Å². The summed E-state index contributed by atoms with van der Waals surface area (Å²) in [6, 6.07) is 16.7. The number of amides is 2. The minimum atomic E-state index is -4.64. The number of hydrogen-bond donors (Lipinski definition) is 1. The number of likely N-dealkylation sites (N-methyl/N-ethyl adjacent to an activating group) is 1. The summed E-state index contributed by atoms with van der Waals surface area (Å²) in [6.45, 7) is 1.46. The number of hydrogen-bond acceptors (Lipinski definition) is 3. The van der Waals surface area contributed by atoms with Crippen molar-refractivity contribution in [2.24, 2.45) is 0 Å². The average Bonchev–Trinajstić information content (AvgIpc) is 2.79. The molecule has 172 valence electrons. The third-order valence-electron chi connectivity index (χ3n) is 4.96. The van der Waals surface area contributed by atoms with Crippen molar-refractivity contribution in [3.63, 3.8) is 0 Å². The van der Waals surface area contributed by atoms with Gasteiger partial charge in [0.05, 0.1) is 17.8 Å². The number of alkyl halides is 3. The van der Waals surface area contributed by atoms with Crippen LogP contribution in [0, 0.1) is 0 Å². The van der Waals surface area contributed by atoms with Gasteiger partial charge in [0.25, 0.3) is 11.5 Å². The standard InChI is InChI=1S/C24H22F3N3O3/c1-2-29(16-21(31)28-20-13-7-6-12-19(20)24(25,26)27)22(32)18-11-8-14-30(23(18)33)15-17-9-4-3-5-10-17/h3-14H,2,15-16H2,1H3,(H,28,31). The third-order valence-corrected chi connectivity index (χ3v) is 4.96. The molecule has 2 aromatic carbocycles. The first-order chi connectivity index (χ1) is 15.7. The number of carbonyl (C=O) groups excluding carboxylic acids is 2. The first-order valence-corrected chi connectivity index (χ1v) is 10.2.